The van der Waals surface area contributed by atoms with Crippen molar-refractivity contribution >= 4 is 10.2 Å². The summed E-state index contributed by atoms with van der Waals surface area (Å²) in [6, 6.07) is -0.0773. The molecule has 0 spiro atoms. The summed E-state index contributed by atoms with van der Waals surface area (Å²) >= 11 is 0. The number of ether oxygens (including phenoxy) is 1. The summed E-state index contributed by atoms with van der Waals surface area (Å²) in [5.41, 5.74) is 0. The third-order valence-corrected chi connectivity index (χ3v) is 2.82. The lowest BCUT2D eigenvalue weighted by molar-refractivity contribution is 0.193. The zero-order valence-electron chi connectivity index (χ0n) is 9.04. The van der Waals surface area contributed by atoms with Crippen molar-refractivity contribution < 1.29 is 13.2 Å². The van der Waals surface area contributed by atoms with Gasteiger partial charge >= 0.3 is 0 Å². The Morgan fingerprint density at radius 3 is 2.43 bits per heavy atom. The molecule has 0 saturated heterocycles. The Morgan fingerprint density at radius 2 is 1.93 bits per heavy atom. The molecule has 0 unspecified atom stereocenters. The topological polar surface area (TPSA) is 67.4 Å². The van der Waals surface area contributed by atoms with Crippen LogP contribution in [0.1, 0.15) is 26.7 Å². The zero-order valence-corrected chi connectivity index (χ0v) is 9.86. The lowest BCUT2D eigenvalue weighted by Crippen LogP contribution is -2.40. The number of unbranched alkanes of at least 4 members (excludes halogenated alkanes) is 1. The maximum atomic E-state index is 11.2. The third kappa shape index (κ3) is 8.43. The number of hydrogen-bond donors (Lipinski definition) is 2. The van der Waals surface area contributed by atoms with E-state index in [4.69, 9.17) is 4.74 Å². The summed E-state index contributed by atoms with van der Waals surface area (Å²) < 4.78 is 32.2. The van der Waals surface area contributed by atoms with Crippen molar-refractivity contribution in [1.29, 1.82) is 0 Å². The van der Waals surface area contributed by atoms with Crippen molar-refractivity contribution in [3.8, 4) is 0 Å². The SMILES string of the molecule is COCCCCNS(=O)(=O)NC(C)C. The number of nitrogens with one attached hydrogen (secondary N) is 2. The summed E-state index contributed by atoms with van der Waals surface area (Å²) in [6.45, 7) is 4.68. The monoisotopic (exact) mass is 224 g/mol. The molecule has 2 N–H and O–H groups in total. The van der Waals surface area contributed by atoms with Crippen LogP contribution in [0.3, 0.4) is 0 Å². The highest BCUT2D eigenvalue weighted by atomic mass is 32.2. The number of hydrogen-bond acceptors (Lipinski definition) is 3. The molecule has 0 aliphatic carbocycles. The van der Waals surface area contributed by atoms with Crippen LogP contribution in [0.15, 0.2) is 0 Å². The van der Waals surface area contributed by atoms with Crippen LogP contribution in [-0.2, 0) is 14.9 Å². The van der Waals surface area contributed by atoms with Crippen molar-refractivity contribution in [3.63, 3.8) is 0 Å². The molecule has 0 atom stereocenters. The van der Waals surface area contributed by atoms with E-state index in [9.17, 15) is 8.42 Å². The maximum absolute atomic E-state index is 11.2. The van der Waals surface area contributed by atoms with E-state index in [-0.39, 0.29) is 6.04 Å². The Balaban J connectivity index is 3.56. The average molecular weight is 224 g/mol. The summed E-state index contributed by atoms with van der Waals surface area (Å²) in [4.78, 5) is 0. The normalized spacial score (nSPS) is 12.3. The lowest BCUT2D eigenvalue weighted by Gasteiger charge is -2.10. The Hall–Kier alpha value is -0.170. The predicted molar refractivity (Wildman–Crippen MR) is 56.3 cm³/mol. The number of rotatable bonds is 8. The molecule has 0 rings (SSSR count). The zero-order chi connectivity index (χ0) is 11.0. The molecule has 0 aromatic heterocycles. The van der Waals surface area contributed by atoms with Crippen LogP contribution in [-0.4, -0.2) is 34.7 Å². The first-order valence-corrected chi connectivity index (χ1v) is 6.22. The molecule has 0 saturated carbocycles. The molecule has 6 heteroatoms. The Bertz CT molecular complexity index is 227. The van der Waals surface area contributed by atoms with E-state index < -0.39 is 10.2 Å². The van der Waals surface area contributed by atoms with E-state index in [1.807, 2.05) is 0 Å². The molecule has 0 aromatic carbocycles. The fraction of sp³-hybridized carbons (Fsp3) is 1.00. The standard InChI is InChI=1S/C8H20N2O3S/c1-8(2)10-14(11,12)9-6-4-5-7-13-3/h8-10H,4-7H2,1-3H3. The molecule has 0 radical (unpaired) electrons. The van der Waals surface area contributed by atoms with Crippen LogP contribution < -0.4 is 9.44 Å². The molecule has 0 aromatic rings. The van der Waals surface area contributed by atoms with Gasteiger partial charge in [-0.1, -0.05) is 0 Å². The highest BCUT2D eigenvalue weighted by Crippen LogP contribution is 1.89. The molecule has 0 bridgehead atoms. The van der Waals surface area contributed by atoms with Gasteiger partial charge in [-0.2, -0.15) is 13.1 Å². The van der Waals surface area contributed by atoms with Crippen LogP contribution >= 0.6 is 0 Å². The van der Waals surface area contributed by atoms with E-state index in [1.54, 1.807) is 21.0 Å². The molecule has 0 heterocycles. The van der Waals surface area contributed by atoms with E-state index in [2.05, 4.69) is 9.44 Å². The molecular weight excluding hydrogens is 204 g/mol. The third-order valence-electron chi connectivity index (χ3n) is 1.46. The summed E-state index contributed by atoms with van der Waals surface area (Å²) in [5, 5.41) is 0. The molecule has 5 nitrogen and oxygen atoms in total. The van der Waals surface area contributed by atoms with Gasteiger partial charge in [-0.15, -0.1) is 0 Å². The predicted octanol–water partition coefficient (Wildman–Crippen LogP) is 0.245. The molecule has 0 aliphatic heterocycles. The van der Waals surface area contributed by atoms with Gasteiger partial charge in [-0.3, -0.25) is 0 Å². The van der Waals surface area contributed by atoms with Crippen LogP contribution in [0.25, 0.3) is 0 Å². The molecule has 86 valence electrons. The highest BCUT2D eigenvalue weighted by molar-refractivity contribution is 7.87. The van der Waals surface area contributed by atoms with Crippen molar-refractivity contribution in [2.45, 2.75) is 32.7 Å². The first-order chi connectivity index (χ1) is 6.48. The van der Waals surface area contributed by atoms with Crippen molar-refractivity contribution in [3.05, 3.63) is 0 Å². The van der Waals surface area contributed by atoms with Gasteiger partial charge in [0.05, 0.1) is 0 Å². The minimum atomic E-state index is -3.31. The molecule has 14 heavy (non-hydrogen) atoms. The van der Waals surface area contributed by atoms with Gasteiger partial charge < -0.3 is 4.74 Å². The Kier molecular flexibility index (Phi) is 7.08. The van der Waals surface area contributed by atoms with E-state index in [0.29, 0.717) is 13.2 Å². The second kappa shape index (κ2) is 7.17. The van der Waals surface area contributed by atoms with Crippen molar-refractivity contribution in [2.75, 3.05) is 20.3 Å². The summed E-state index contributed by atoms with van der Waals surface area (Å²) in [5.74, 6) is 0. The van der Waals surface area contributed by atoms with Gasteiger partial charge in [-0.05, 0) is 26.7 Å². The minimum Gasteiger partial charge on any atom is -0.385 e. The largest absolute Gasteiger partial charge is 0.385 e. The second-order valence-electron chi connectivity index (χ2n) is 3.37. The van der Waals surface area contributed by atoms with Crippen LogP contribution in [0.2, 0.25) is 0 Å². The van der Waals surface area contributed by atoms with Gasteiger partial charge in [0.25, 0.3) is 10.2 Å². The van der Waals surface area contributed by atoms with Crippen LogP contribution in [0, 0.1) is 0 Å². The smallest absolute Gasteiger partial charge is 0.277 e. The van der Waals surface area contributed by atoms with E-state index in [1.165, 1.54) is 0 Å². The highest BCUT2D eigenvalue weighted by Gasteiger charge is 2.09. The van der Waals surface area contributed by atoms with Gasteiger partial charge in [0, 0.05) is 26.3 Å². The summed E-state index contributed by atoms with van der Waals surface area (Å²) in [7, 11) is -1.68. The first kappa shape index (κ1) is 13.8. The van der Waals surface area contributed by atoms with E-state index >= 15 is 0 Å². The fourth-order valence-electron chi connectivity index (χ4n) is 0.930. The quantitative estimate of drug-likeness (QED) is 0.581. The van der Waals surface area contributed by atoms with Crippen LogP contribution in [0.5, 0.6) is 0 Å². The fourth-order valence-corrected chi connectivity index (χ4v) is 2.05. The Labute approximate surface area is 86.4 Å². The average Bonchev–Trinajstić information content (AvgIpc) is 2.01. The van der Waals surface area contributed by atoms with Gasteiger partial charge in [0.1, 0.15) is 0 Å². The lowest BCUT2D eigenvalue weighted by atomic mass is 10.3. The summed E-state index contributed by atoms with van der Waals surface area (Å²) in [6.07, 6.45) is 1.65. The molecule has 0 fully saturated rings. The van der Waals surface area contributed by atoms with Crippen molar-refractivity contribution in [2.24, 2.45) is 0 Å². The van der Waals surface area contributed by atoms with Gasteiger partial charge in [-0.25, -0.2) is 4.72 Å². The van der Waals surface area contributed by atoms with Crippen LogP contribution in [0.4, 0.5) is 0 Å². The van der Waals surface area contributed by atoms with Crippen molar-refractivity contribution in [1.82, 2.24) is 9.44 Å². The Morgan fingerprint density at radius 1 is 1.29 bits per heavy atom. The molecule has 0 amide bonds. The minimum absolute atomic E-state index is 0.0773. The molecule has 0 aliphatic rings. The van der Waals surface area contributed by atoms with Gasteiger partial charge in [0.2, 0.25) is 0 Å². The van der Waals surface area contributed by atoms with Gasteiger partial charge in [0.15, 0.2) is 0 Å². The maximum Gasteiger partial charge on any atom is 0.277 e. The second-order valence-corrected chi connectivity index (χ2v) is 4.90. The molecular formula is C8H20N2O3S. The number of methoxy groups -OCH3 is 1. The first-order valence-electron chi connectivity index (χ1n) is 4.74. The van der Waals surface area contributed by atoms with E-state index in [0.717, 1.165) is 12.8 Å².